The summed E-state index contributed by atoms with van der Waals surface area (Å²) in [6.07, 6.45) is 3.62. The summed E-state index contributed by atoms with van der Waals surface area (Å²) in [6.45, 7) is 0. The average molecular weight is 283 g/mol. The first kappa shape index (κ1) is 13.9. The molecule has 0 fully saturated rings. The monoisotopic (exact) mass is 282 g/mol. The van der Waals surface area contributed by atoms with E-state index in [9.17, 15) is 4.79 Å². The van der Waals surface area contributed by atoms with Crippen LogP contribution in [0.25, 0.3) is 12.2 Å². The molecule has 20 heavy (non-hydrogen) atoms. The summed E-state index contributed by atoms with van der Waals surface area (Å²) in [5.41, 5.74) is 7.70. The fraction of sp³-hybridized carbons (Fsp3) is 0. The van der Waals surface area contributed by atoms with Gasteiger partial charge in [-0.05, 0) is 41.5 Å². The van der Waals surface area contributed by atoms with Gasteiger partial charge in [0.1, 0.15) is 0 Å². The second-order valence-electron chi connectivity index (χ2n) is 4.16. The van der Waals surface area contributed by atoms with Crippen LogP contribution in [0, 0.1) is 11.3 Å². The molecule has 0 radical (unpaired) electrons. The Balaban J connectivity index is 2.36. The first-order chi connectivity index (χ1) is 9.60. The van der Waals surface area contributed by atoms with Crippen LogP contribution in [0.2, 0.25) is 5.02 Å². The molecule has 98 valence electrons. The Kier molecular flexibility index (Phi) is 4.19. The number of primary amides is 1. The van der Waals surface area contributed by atoms with Gasteiger partial charge in [-0.3, -0.25) is 4.79 Å². The minimum absolute atomic E-state index is 0.375. The third-order valence-corrected chi connectivity index (χ3v) is 3.03. The van der Waals surface area contributed by atoms with Gasteiger partial charge < -0.3 is 5.73 Å². The van der Waals surface area contributed by atoms with Gasteiger partial charge in [-0.15, -0.1) is 0 Å². The van der Waals surface area contributed by atoms with Gasteiger partial charge in [0.25, 0.3) is 0 Å². The molecule has 4 heteroatoms. The Morgan fingerprint density at radius 3 is 2.45 bits per heavy atom. The van der Waals surface area contributed by atoms with Crippen LogP contribution in [-0.4, -0.2) is 5.91 Å². The molecular formula is C16H11ClN2O. The maximum atomic E-state index is 11.2. The summed E-state index contributed by atoms with van der Waals surface area (Å²) in [5, 5.41) is 9.73. The summed E-state index contributed by atoms with van der Waals surface area (Å²) in [7, 11) is 0. The van der Waals surface area contributed by atoms with Crippen molar-refractivity contribution < 1.29 is 4.79 Å². The fourth-order valence-corrected chi connectivity index (χ4v) is 1.84. The van der Waals surface area contributed by atoms with Gasteiger partial charge in [-0.25, -0.2) is 0 Å². The Labute approximate surface area is 121 Å². The number of nitrogens with two attached hydrogens (primary N) is 1. The number of benzene rings is 2. The molecule has 1 amide bonds. The molecule has 2 rings (SSSR count). The number of rotatable bonds is 3. The first-order valence-electron chi connectivity index (χ1n) is 5.88. The fourth-order valence-electron chi connectivity index (χ4n) is 1.72. The van der Waals surface area contributed by atoms with E-state index in [1.165, 1.54) is 0 Å². The van der Waals surface area contributed by atoms with Crippen LogP contribution in [0.3, 0.4) is 0 Å². The third-order valence-electron chi connectivity index (χ3n) is 2.78. The Morgan fingerprint density at radius 1 is 1.15 bits per heavy atom. The molecule has 0 unspecified atom stereocenters. The van der Waals surface area contributed by atoms with Crippen molar-refractivity contribution in [3.05, 3.63) is 69.7 Å². The number of hydrogen-bond donors (Lipinski definition) is 1. The second-order valence-corrected chi connectivity index (χ2v) is 4.60. The zero-order valence-corrected chi connectivity index (χ0v) is 11.3. The predicted octanol–water partition coefficient (Wildman–Crippen LogP) is 3.48. The highest BCUT2D eigenvalue weighted by Gasteiger charge is 2.04. The Bertz CT molecular complexity index is 712. The minimum atomic E-state index is -0.518. The van der Waals surface area contributed by atoms with Crippen molar-refractivity contribution in [3.63, 3.8) is 0 Å². The highest BCUT2D eigenvalue weighted by Crippen LogP contribution is 2.16. The van der Waals surface area contributed by atoms with Crippen LogP contribution >= 0.6 is 11.6 Å². The second kappa shape index (κ2) is 6.05. The van der Waals surface area contributed by atoms with Crippen LogP contribution < -0.4 is 5.73 Å². The smallest absolute Gasteiger partial charge is 0.248 e. The van der Waals surface area contributed by atoms with Crippen molar-refractivity contribution in [2.24, 2.45) is 5.73 Å². The van der Waals surface area contributed by atoms with Gasteiger partial charge >= 0.3 is 0 Å². The molecule has 2 aromatic carbocycles. The molecule has 0 aliphatic carbocycles. The maximum Gasteiger partial charge on any atom is 0.248 e. The largest absolute Gasteiger partial charge is 0.366 e. The van der Waals surface area contributed by atoms with Gasteiger partial charge in [0, 0.05) is 10.6 Å². The summed E-state index contributed by atoms with van der Waals surface area (Å²) >= 11 is 5.81. The van der Waals surface area contributed by atoms with Crippen molar-refractivity contribution >= 4 is 29.7 Å². The third kappa shape index (κ3) is 3.25. The van der Waals surface area contributed by atoms with Crippen LogP contribution in [-0.2, 0) is 0 Å². The van der Waals surface area contributed by atoms with E-state index in [0.717, 1.165) is 5.56 Å². The van der Waals surface area contributed by atoms with Crippen molar-refractivity contribution in [2.45, 2.75) is 0 Å². The molecule has 0 saturated heterocycles. The van der Waals surface area contributed by atoms with Gasteiger partial charge in [-0.1, -0.05) is 35.9 Å². The number of hydrogen-bond acceptors (Lipinski definition) is 2. The summed E-state index contributed by atoms with van der Waals surface area (Å²) in [4.78, 5) is 11.2. The summed E-state index contributed by atoms with van der Waals surface area (Å²) < 4.78 is 0. The van der Waals surface area contributed by atoms with E-state index in [-0.39, 0.29) is 0 Å². The number of halogens is 1. The number of carbonyl (C=O) groups excluding carboxylic acids is 1. The molecule has 2 aromatic rings. The van der Waals surface area contributed by atoms with E-state index in [1.807, 2.05) is 18.2 Å². The Hall–Kier alpha value is -2.57. The van der Waals surface area contributed by atoms with Gasteiger partial charge in [0.2, 0.25) is 5.91 Å². The van der Waals surface area contributed by atoms with Crippen LogP contribution in [0.5, 0.6) is 0 Å². The summed E-state index contributed by atoms with van der Waals surface area (Å²) in [5.74, 6) is -0.518. The molecule has 2 N–H and O–H groups in total. The van der Waals surface area contributed by atoms with Crippen LogP contribution in [0.1, 0.15) is 27.0 Å². The number of nitriles is 1. The highest BCUT2D eigenvalue weighted by molar-refractivity contribution is 6.30. The molecule has 0 saturated carbocycles. The van der Waals surface area contributed by atoms with Crippen molar-refractivity contribution in [3.8, 4) is 6.07 Å². The number of amides is 1. The van der Waals surface area contributed by atoms with Crippen molar-refractivity contribution in [1.29, 1.82) is 5.26 Å². The predicted molar refractivity (Wildman–Crippen MR) is 80.1 cm³/mol. The minimum Gasteiger partial charge on any atom is -0.366 e. The molecule has 0 atom stereocenters. The van der Waals surface area contributed by atoms with Crippen molar-refractivity contribution in [2.75, 3.05) is 0 Å². The van der Waals surface area contributed by atoms with Gasteiger partial charge in [0.05, 0.1) is 11.6 Å². The quantitative estimate of drug-likeness (QED) is 0.876. The lowest BCUT2D eigenvalue weighted by atomic mass is 10.0. The summed E-state index contributed by atoms with van der Waals surface area (Å²) in [6, 6.07) is 14.1. The molecule has 0 aliphatic rings. The highest BCUT2D eigenvalue weighted by atomic mass is 35.5. The lowest BCUT2D eigenvalue weighted by Gasteiger charge is -2.01. The standard InChI is InChI=1S/C16H11ClN2O/c17-15-7-2-11(3-8-15)1-4-12-9-13(16(19)20)5-6-14(12)10-18/h1-9H,(H2,19,20)/b4-1+. The van der Waals surface area contributed by atoms with E-state index in [0.29, 0.717) is 21.7 Å². The first-order valence-corrected chi connectivity index (χ1v) is 6.25. The molecule has 0 spiro atoms. The average Bonchev–Trinajstić information content (AvgIpc) is 2.46. The van der Waals surface area contributed by atoms with Gasteiger partial charge in [0.15, 0.2) is 0 Å². The SMILES string of the molecule is N#Cc1ccc(C(N)=O)cc1/C=C/c1ccc(Cl)cc1. The van der Waals surface area contributed by atoms with E-state index < -0.39 is 5.91 Å². The maximum absolute atomic E-state index is 11.2. The molecular weight excluding hydrogens is 272 g/mol. The van der Waals surface area contributed by atoms with E-state index in [4.69, 9.17) is 22.6 Å². The lowest BCUT2D eigenvalue weighted by Crippen LogP contribution is -2.11. The van der Waals surface area contributed by atoms with E-state index >= 15 is 0 Å². The Morgan fingerprint density at radius 2 is 1.85 bits per heavy atom. The zero-order chi connectivity index (χ0) is 14.5. The lowest BCUT2D eigenvalue weighted by molar-refractivity contribution is 0.100. The number of carbonyl (C=O) groups is 1. The number of nitrogens with zero attached hydrogens (tertiary/aromatic N) is 1. The molecule has 0 bridgehead atoms. The molecule has 3 nitrogen and oxygen atoms in total. The van der Waals surface area contributed by atoms with Crippen LogP contribution in [0.15, 0.2) is 42.5 Å². The molecule has 0 heterocycles. The van der Waals surface area contributed by atoms with Crippen LogP contribution in [0.4, 0.5) is 0 Å². The van der Waals surface area contributed by atoms with E-state index in [1.54, 1.807) is 36.4 Å². The van der Waals surface area contributed by atoms with E-state index in [2.05, 4.69) is 6.07 Å². The van der Waals surface area contributed by atoms with Gasteiger partial charge in [-0.2, -0.15) is 5.26 Å². The topological polar surface area (TPSA) is 66.9 Å². The molecule has 0 aromatic heterocycles. The molecule has 0 aliphatic heterocycles. The zero-order valence-electron chi connectivity index (χ0n) is 10.5. The van der Waals surface area contributed by atoms with Crippen molar-refractivity contribution in [1.82, 2.24) is 0 Å². The normalized spacial score (nSPS) is 10.4.